The van der Waals surface area contributed by atoms with Crippen molar-refractivity contribution in [3.8, 4) is 11.5 Å². The summed E-state index contributed by atoms with van der Waals surface area (Å²) < 4.78 is 0. The molecule has 0 amide bonds. The number of hydrogen-bond donors (Lipinski definition) is 3. The highest BCUT2D eigenvalue weighted by molar-refractivity contribution is 5.52. The molecule has 0 radical (unpaired) electrons. The minimum Gasteiger partial charge on any atom is -0.504 e. The van der Waals surface area contributed by atoms with Crippen molar-refractivity contribution in [1.82, 2.24) is 5.32 Å². The Kier molecular flexibility index (Phi) is 2.51. The van der Waals surface area contributed by atoms with Gasteiger partial charge in [-0.1, -0.05) is 6.92 Å². The fourth-order valence-corrected chi connectivity index (χ4v) is 3.47. The van der Waals surface area contributed by atoms with Gasteiger partial charge in [0, 0.05) is 12.0 Å². The third-order valence-electron chi connectivity index (χ3n) is 4.24. The molecule has 0 unspecified atom stereocenters. The number of benzene rings is 1. The number of fused-ring (bicyclic) bond motifs is 5. The average molecular weight is 233 g/mol. The van der Waals surface area contributed by atoms with Gasteiger partial charge in [0.1, 0.15) is 0 Å². The standard InChI is InChI=1S/C14H19NO2/c1-2-3-15-12-5-8-4-11(12)10-7-14(17)13(16)6-9(8)10/h6-8,11-12,15-17H,2-5H2,1H3/t8-,11-,12+/m0/s1. The minimum atomic E-state index is 0.0190. The molecule has 1 fully saturated rings. The van der Waals surface area contributed by atoms with Crippen LogP contribution in [0, 0.1) is 0 Å². The number of hydrogen-bond acceptors (Lipinski definition) is 3. The summed E-state index contributed by atoms with van der Waals surface area (Å²) in [4.78, 5) is 0. The molecule has 0 aromatic heterocycles. The Balaban J connectivity index is 1.89. The van der Waals surface area contributed by atoms with Crippen molar-refractivity contribution < 1.29 is 10.2 Å². The van der Waals surface area contributed by atoms with Gasteiger partial charge in [-0.2, -0.15) is 0 Å². The summed E-state index contributed by atoms with van der Waals surface area (Å²) in [5, 5.41) is 22.8. The molecule has 3 nitrogen and oxygen atoms in total. The van der Waals surface area contributed by atoms with Crippen molar-refractivity contribution in [1.29, 1.82) is 0 Å². The largest absolute Gasteiger partial charge is 0.504 e. The monoisotopic (exact) mass is 233 g/mol. The average Bonchev–Trinajstić information content (AvgIpc) is 2.86. The van der Waals surface area contributed by atoms with Crippen molar-refractivity contribution >= 4 is 0 Å². The number of phenolic OH excluding ortho intramolecular Hbond substituents is 2. The van der Waals surface area contributed by atoms with Gasteiger partial charge in [-0.15, -0.1) is 0 Å². The topological polar surface area (TPSA) is 52.5 Å². The van der Waals surface area contributed by atoms with Crippen LogP contribution in [0.1, 0.15) is 49.1 Å². The summed E-state index contributed by atoms with van der Waals surface area (Å²) in [6, 6.07) is 4.07. The predicted molar refractivity (Wildman–Crippen MR) is 66.6 cm³/mol. The lowest BCUT2D eigenvalue weighted by Gasteiger charge is -2.25. The molecule has 1 aromatic rings. The van der Waals surface area contributed by atoms with E-state index in [4.69, 9.17) is 0 Å². The van der Waals surface area contributed by atoms with E-state index in [2.05, 4.69) is 12.2 Å². The second-order valence-electron chi connectivity index (χ2n) is 5.31. The number of phenols is 2. The molecule has 1 aromatic carbocycles. The Labute approximate surface area is 101 Å². The molecule has 92 valence electrons. The van der Waals surface area contributed by atoms with Gasteiger partial charge in [-0.05, 0) is 55.0 Å². The van der Waals surface area contributed by atoms with E-state index in [9.17, 15) is 10.2 Å². The molecule has 3 rings (SSSR count). The van der Waals surface area contributed by atoms with Crippen LogP contribution in [-0.4, -0.2) is 22.8 Å². The summed E-state index contributed by atoms with van der Waals surface area (Å²) in [6.45, 7) is 3.24. The fraction of sp³-hybridized carbons (Fsp3) is 0.571. The van der Waals surface area contributed by atoms with Crippen molar-refractivity contribution in [2.45, 2.75) is 44.1 Å². The zero-order valence-electron chi connectivity index (χ0n) is 10.1. The van der Waals surface area contributed by atoms with Crippen LogP contribution in [0.25, 0.3) is 0 Å². The van der Waals surface area contributed by atoms with E-state index in [1.54, 1.807) is 12.1 Å². The summed E-state index contributed by atoms with van der Waals surface area (Å²) >= 11 is 0. The summed E-state index contributed by atoms with van der Waals surface area (Å²) in [6.07, 6.45) is 3.49. The lowest BCUT2D eigenvalue weighted by atomic mass is 9.88. The molecule has 0 heterocycles. The van der Waals surface area contributed by atoms with E-state index in [1.807, 2.05) is 0 Å². The van der Waals surface area contributed by atoms with Gasteiger partial charge in [-0.3, -0.25) is 0 Å². The Bertz CT molecular complexity index is 444. The van der Waals surface area contributed by atoms with Gasteiger partial charge in [-0.25, -0.2) is 0 Å². The molecule has 3 N–H and O–H groups in total. The molecule has 0 saturated heterocycles. The van der Waals surface area contributed by atoms with Crippen LogP contribution in [0.5, 0.6) is 11.5 Å². The molecule has 2 aliphatic rings. The van der Waals surface area contributed by atoms with Crippen LogP contribution in [0.2, 0.25) is 0 Å². The van der Waals surface area contributed by atoms with Crippen LogP contribution in [0.3, 0.4) is 0 Å². The zero-order chi connectivity index (χ0) is 12.0. The highest BCUT2D eigenvalue weighted by Crippen LogP contribution is 2.55. The second kappa shape index (κ2) is 3.91. The molecule has 0 aliphatic heterocycles. The molecule has 17 heavy (non-hydrogen) atoms. The maximum Gasteiger partial charge on any atom is 0.157 e. The third-order valence-corrected chi connectivity index (χ3v) is 4.24. The molecule has 2 aliphatic carbocycles. The summed E-state index contributed by atoms with van der Waals surface area (Å²) in [7, 11) is 0. The van der Waals surface area contributed by atoms with Gasteiger partial charge in [0.05, 0.1) is 0 Å². The van der Waals surface area contributed by atoms with Gasteiger partial charge < -0.3 is 15.5 Å². The molecule has 2 bridgehead atoms. The lowest BCUT2D eigenvalue weighted by Crippen LogP contribution is -2.33. The molecular weight excluding hydrogens is 214 g/mol. The normalized spacial score (nSPS) is 29.6. The minimum absolute atomic E-state index is 0.0190. The molecule has 1 saturated carbocycles. The molecular formula is C14H19NO2. The van der Waals surface area contributed by atoms with Crippen molar-refractivity contribution in [2.75, 3.05) is 6.54 Å². The predicted octanol–water partition coefficient (Wildman–Crippen LogP) is 2.44. The van der Waals surface area contributed by atoms with Gasteiger partial charge >= 0.3 is 0 Å². The van der Waals surface area contributed by atoms with Crippen molar-refractivity contribution in [3.63, 3.8) is 0 Å². The Hall–Kier alpha value is -1.22. The van der Waals surface area contributed by atoms with E-state index >= 15 is 0 Å². The first-order chi connectivity index (χ1) is 8.20. The quantitative estimate of drug-likeness (QED) is 0.703. The van der Waals surface area contributed by atoms with E-state index in [1.165, 1.54) is 24.0 Å². The second-order valence-corrected chi connectivity index (χ2v) is 5.31. The van der Waals surface area contributed by atoms with E-state index < -0.39 is 0 Å². The van der Waals surface area contributed by atoms with Crippen LogP contribution in [0.4, 0.5) is 0 Å². The van der Waals surface area contributed by atoms with Gasteiger partial charge in [0.2, 0.25) is 0 Å². The van der Waals surface area contributed by atoms with Crippen molar-refractivity contribution in [2.24, 2.45) is 0 Å². The Morgan fingerprint density at radius 2 is 1.88 bits per heavy atom. The lowest BCUT2D eigenvalue weighted by molar-refractivity contribution is 0.399. The fourth-order valence-electron chi connectivity index (χ4n) is 3.47. The summed E-state index contributed by atoms with van der Waals surface area (Å²) in [5.74, 6) is 1.13. The smallest absolute Gasteiger partial charge is 0.157 e. The molecule has 3 atom stereocenters. The zero-order valence-corrected chi connectivity index (χ0v) is 10.1. The van der Waals surface area contributed by atoms with E-state index in [0.717, 1.165) is 13.0 Å². The first-order valence-electron chi connectivity index (χ1n) is 6.49. The number of rotatable bonds is 3. The molecule has 0 spiro atoms. The third kappa shape index (κ3) is 1.61. The maximum atomic E-state index is 9.60. The maximum absolute atomic E-state index is 9.60. The first kappa shape index (κ1) is 10.9. The SMILES string of the molecule is CCCN[C@@H]1C[C@@H]2C[C@H]1c1cc(O)c(O)cc12. The first-order valence-corrected chi connectivity index (χ1v) is 6.49. The number of nitrogens with one attached hydrogen (secondary N) is 1. The van der Waals surface area contributed by atoms with E-state index in [0.29, 0.717) is 17.9 Å². The van der Waals surface area contributed by atoms with Gasteiger partial charge in [0.15, 0.2) is 11.5 Å². The van der Waals surface area contributed by atoms with E-state index in [-0.39, 0.29) is 11.5 Å². The van der Waals surface area contributed by atoms with Crippen LogP contribution >= 0.6 is 0 Å². The van der Waals surface area contributed by atoms with Crippen LogP contribution in [0.15, 0.2) is 12.1 Å². The molecule has 3 heteroatoms. The highest BCUT2D eigenvalue weighted by atomic mass is 16.3. The Morgan fingerprint density at radius 1 is 1.18 bits per heavy atom. The van der Waals surface area contributed by atoms with Gasteiger partial charge in [0.25, 0.3) is 0 Å². The van der Waals surface area contributed by atoms with Crippen molar-refractivity contribution in [3.05, 3.63) is 23.3 Å². The highest BCUT2D eigenvalue weighted by Gasteiger charge is 2.43. The van der Waals surface area contributed by atoms with Crippen LogP contribution in [-0.2, 0) is 0 Å². The Morgan fingerprint density at radius 3 is 2.59 bits per heavy atom. The number of aromatic hydroxyl groups is 2. The summed E-state index contributed by atoms with van der Waals surface area (Å²) in [5.41, 5.74) is 2.49. The van der Waals surface area contributed by atoms with Crippen LogP contribution < -0.4 is 5.32 Å².